The van der Waals surface area contributed by atoms with E-state index in [0.717, 1.165) is 4.90 Å². The van der Waals surface area contributed by atoms with Gasteiger partial charge in [-0.1, -0.05) is 26.0 Å². The summed E-state index contributed by atoms with van der Waals surface area (Å²) in [5.74, 6) is -2.11. The number of esters is 1. The Morgan fingerprint density at radius 1 is 1.18 bits per heavy atom. The lowest BCUT2D eigenvalue weighted by Crippen LogP contribution is -2.46. The molecule has 1 heterocycles. The molecule has 0 aromatic heterocycles. The lowest BCUT2D eigenvalue weighted by Gasteiger charge is -2.22. The summed E-state index contributed by atoms with van der Waals surface area (Å²) >= 11 is 0. The number of nitrogens with zero attached hydrogens (tertiary/aromatic N) is 1. The molecule has 0 atom stereocenters. The molecule has 0 bridgehead atoms. The minimum atomic E-state index is -1.00. The highest BCUT2D eigenvalue weighted by Crippen LogP contribution is 2.24. The molecule has 9 nitrogen and oxygen atoms in total. The molecule has 2 rings (SSSR count). The van der Waals surface area contributed by atoms with Crippen LogP contribution in [-0.2, 0) is 19.1 Å². The van der Waals surface area contributed by atoms with Crippen molar-refractivity contribution < 1.29 is 28.7 Å². The van der Waals surface area contributed by atoms with Gasteiger partial charge >= 0.3 is 12.0 Å². The number of anilines is 1. The van der Waals surface area contributed by atoms with Crippen molar-refractivity contribution in [3.63, 3.8) is 0 Å². The van der Waals surface area contributed by atoms with E-state index in [4.69, 9.17) is 4.74 Å². The number of ketones is 1. The molecule has 28 heavy (non-hydrogen) atoms. The Labute approximate surface area is 162 Å². The number of benzene rings is 1. The van der Waals surface area contributed by atoms with Gasteiger partial charge in [0, 0.05) is 11.3 Å². The van der Waals surface area contributed by atoms with E-state index in [1.807, 2.05) is 0 Å². The zero-order valence-electron chi connectivity index (χ0n) is 16.0. The van der Waals surface area contributed by atoms with Gasteiger partial charge in [-0.3, -0.25) is 24.1 Å². The van der Waals surface area contributed by atoms with Crippen LogP contribution in [0.2, 0.25) is 0 Å². The van der Waals surface area contributed by atoms with Crippen molar-refractivity contribution in [3.05, 3.63) is 29.8 Å². The number of carbonyl (C=O) groups is 5. The highest BCUT2D eigenvalue weighted by Gasteiger charge is 2.49. The Kier molecular flexibility index (Phi) is 6.50. The summed E-state index contributed by atoms with van der Waals surface area (Å²) in [5.41, 5.74) is -0.182. The van der Waals surface area contributed by atoms with Crippen LogP contribution in [0.15, 0.2) is 24.3 Å². The highest BCUT2D eigenvalue weighted by molar-refractivity contribution is 6.08. The first-order valence-corrected chi connectivity index (χ1v) is 8.93. The van der Waals surface area contributed by atoms with Crippen LogP contribution in [-0.4, -0.2) is 53.2 Å². The number of ether oxygens (including phenoxy) is 1. The second-order valence-corrected chi connectivity index (χ2v) is 6.46. The van der Waals surface area contributed by atoms with Crippen molar-refractivity contribution in [2.45, 2.75) is 39.2 Å². The largest absolute Gasteiger partial charge is 0.454 e. The predicted octanol–water partition coefficient (Wildman–Crippen LogP) is 1.48. The number of Topliss-reactive ketones (excluding diaryl/α,β-unsaturated/α-hetero) is 1. The first-order chi connectivity index (χ1) is 13.2. The minimum absolute atomic E-state index is 0.147. The lowest BCUT2D eigenvalue weighted by atomic mass is 9.93. The van der Waals surface area contributed by atoms with Gasteiger partial charge in [-0.2, -0.15) is 0 Å². The van der Waals surface area contributed by atoms with E-state index < -0.39 is 42.5 Å². The van der Waals surface area contributed by atoms with Crippen LogP contribution >= 0.6 is 0 Å². The zero-order valence-corrected chi connectivity index (χ0v) is 16.0. The average Bonchev–Trinajstić information content (AvgIpc) is 2.91. The third-order valence-electron chi connectivity index (χ3n) is 4.66. The van der Waals surface area contributed by atoms with Gasteiger partial charge in [0.15, 0.2) is 12.4 Å². The fraction of sp³-hybridized carbons (Fsp3) is 0.421. The number of hydrogen-bond acceptors (Lipinski definition) is 6. The van der Waals surface area contributed by atoms with Crippen LogP contribution in [0.3, 0.4) is 0 Å². The van der Waals surface area contributed by atoms with E-state index in [1.165, 1.54) is 13.0 Å². The average molecular weight is 389 g/mol. The van der Waals surface area contributed by atoms with Crippen molar-refractivity contribution in [2.75, 3.05) is 18.5 Å². The van der Waals surface area contributed by atoms with E-state index in [0.29, 0.717) is 24.1 Å². The first kappa shape index (κ1) is 21.1. The van der Waals surface area contributed by atoms with Crippen LogP contribution < -0.4 is 10.6 Å². The van der Waals surface area contributed by atoms with Gasteiger partial charge in [0.05, 0.1) is 0 Å². The number of urea groups is 1. The van der Waals surface area contributed by atoms with Gasteiger partial charge in [-0.05, 0) is 31.9 Å². The summed E-state index contributed by atoms with van der Waals surface area (Å²) in [6, 6.07) is 5.67. The molecule has 4 amide bonds. The van der Waals surface area contributed by atoms with Crippen molar-refractivity contribution in [1.82, 2.24) is 10.2 Å². The molecule has 0 radical (unpaired) electrons. The maximum Gasteiger partial charge on any atom is 0.326 e. The Bertz CT molecular complexity index is 816. The lowest BCUT2D eigenvalue weighted by molar-refractivity contribution is -0.150. The van der Waals surface area contributed by atoms with Crippen molar-refractivity contribution in [1.29, 1.82) is 0 Å². The fourth-order valence-corrected chi connectivity index (χ4v) is 2.88. The Morgan fingerprint density at radius 2 is 1.86 bits per heavy atom. The molecule has 0 aliphatic carbocycles. The molecule has 0 spiro atoms. The highest BCUT2D eigenvalue weighted by atomic mass is 16.5. The summed E-state index contributed by atoms with van der Waals surface area (Å²) in [6.07, 6.45) is 0.808. The molecule has 150 valence electrons. The van der Waals surface area contributed by atoms with Crippen LogP contribution in [0.1, 0.15) is 44.0 Å². The molecule has 1 saturated heterocycles. The van der Waals surface area contributed by atoms with Gasteiger partial charge in [0.2, 0.25) is 0 Å². The Hall–Kier alpha value is -3.23. The van der Waals surface area contributed by atoms with Gasteiger partial charge in [0.25, 0.3) is 11.8 Å². The number of rotatable bonds is 8. The monoisotopic (exact) mass is 389 g/mol. The molecule has 9 heteroatoms. The molecule has 1 aliphatic rings. The Morgan fingerprint density at radius 3 is 2.43 bits per heavy atom. The summed E-state index contributed by atoms with van der Waals surface area (Å²) in [4.78, 5) is 60.5. The van der Waals surface area contributed by atoms with E-state index in [9.17, 15) is 24.0 Å². The number of nitrogens with one attached hydrogen (secondary N) is 2. The van der Waals surface area contributed by atoms with E-state index >= 15 is 0 Å². The second-order valence-electron chi connectivity index (χ2n) is 6.46. The molecular formula is C19H23N3O6. The third-order valence-corrected chi connectivity index (χ3v) is 4.66. The molecule has 1 fully saturated rings. The summed E-state index contributed by atoms with van der Waals surface area (Å²) < 4.78 is 4.86. The number of hydrogen-bond donors (Lipinski definition) is 2. The first-order valence-electron chi connectivity index (χ1n) is 8.93. The van der Waals surface area contributed by atoms with Crippen LogP contribution in [0.5, 0.6) is 0 Å². The quantitative estimate of drug-likeness (QED) is 0.395. The summed E-state index contributed by atoms with van der Waals surface area (Å²) in [6.45, 7) is 3.80. The summed E-state index contributed by atoms with van der Waals surface area (Å²) in [7, 11) is 0. The number of amides is 4. The maximum atomic E-state index is 12.4. The van der Waals surface area contributed by atoms with Gasteiger partial charge < -0.3 is 15.4 Å². The molecule has 1 aromatic carbocycles. The van der Waals surface area contributed by atoms with Crippen LogP contribution in [0.25, 0.3) is 0 Å². The normalized spacial score (nSPS) is 15.2. The van der Waals surface area contributed by atoms with Crippen LogP contribution in [0.4, 0.5) is 10.5 Å². The molecular weight excluding hydrogens is 366 g/mol. The summed E-state index contributed by atoms with van der Waals surface area (Å²) in [5, 5.41) is 5.11. The van der Waals surface area contributed by atoms with Crippen molar-refractivity contribution in [2.24, 2.45) is 0 Å². The third kappa shape index (κ3) is 4.54. The predicted molar refractivity (Wildman–Crippen MR) is 99.6 cm³/mol. The zero-order chi connectivity index (χ0) is 20.9. The molecule has 0 saturated carbocycles. The SMILES string of the molecule is CCC1(CC)NC(=O)N(CC(=O)OCC(=O)Nc2cccc(C(C)=O)c2)C1=O. The van der Waals surface area contributed by atoms with E-state index in [-0.39, 0.29) is 5.78 Å². The molecule has 1 aliphatic heterocycles. The maximum absolute atomic E-state index is 12.4. The van der Waals surface area contributed by atoms with E-state index in [1.54, 1.807) is 32.0 Å². The molecule has 2 N–H and O–H groups in total. The number of imide groups is 1. The standard InChI is InChI=1S/C19H23N3O6/c1-4-19(5-2)17(26)22(18(27)21-19)10-16(25)28-11-15(24)20-14-8-6-7-13(9-14)12(3)23/h6-9H,4-5,10-11H2,1-3H3,(H,20,24)(H,21,27). The van der Waals surface area contributed by atoms with Crippen molar-refractivity contribution in [3.8, 4) is 0 Å². The molecule has 1 aromatic rings. The van der Waals surface area contributed by atoms with E-state index in [2.05, 4.69) is 10.6 Å². The Balaban J connectivity index is 1.88. The fourth-order valence-electron chi connectivity index (χ4n) is 2.88. The van der Waals surface area contributed by atoms with Crippen LogP contribution in [0, 0.1) is 0 Å². The molecule has 0 unspecified atom stereocenters. The smallest absolute Gasteiger partial charge is 0.326 e. The topological polar surface area (TPSA) is 122 Å². The van der Waals surface area contributed by atoms with Gasteiger partial charge in [-0.25, -0.2) is 4.79 Å². The minimum Gasteiger partial charge on any atom is -0.454 e. The van der Waals surface area contributed by atoms with Crippen molar-refractivity contribution >= 4 is 35.3 Å². The van der Waals surface area contributed by atoms with Gasteiger partial charge in [0.1, 0.15) is 12.1 Å². The van der Waals surface area contributed by atoms with Gasteiger partial charge in [-0.15, -0.1) is 0 Å². The number of carbonyl (C=O) groups excluding carboxylic acids is 5. The second kappa shape index (κ2) is 8.64.